The van der Waals surface area contributed by atoms with E-state index in [-0.39, 0.29) is 11.6 Å². The first-order valence-electron chi connectivity index (χ1n) is 7.85. The van der Waals surface area contributed by atoms with Crippen molar-refractivity contribution in [3.05, 3.63) is 34.4 Å². The Balaban J connectivity index is 2.14. The molecule has 0 aliphatic carbocycles. The summed E-state index contributed by atoms with van der Waals surface area (Å²) in [5.74, 6) is 0.0488. The van der Waals surface area contributed by atoms with Gasteiger partial charge in [-0.1, -0.05) is 0 Å². The first kappa shape index (κ1) is 18.9. The molecule has 2 N–H and O–H groups in total. The SMILES string of the molecule is CC(C)N(C)CCNC(=O)CCCNc1ccc([N+](=O)[O-])cc1. The molecule has 0 bridgehead atoms. The van der Waals surface area contributed by atoms with Gasteiger partial charge in [-0.2, -0.15) is 0 Å². The summed E-state index contributed by atoms with van der Waals surface area (Å²) in [6.45, 7) is 6.38. The van der Waals surface area contributed by atoms with Crippen molar-refractivity contribution < 1.29 is 9.72 Å². The number of hydrogen-bond acceptors (Lipinski definition) is 5. The summed E-state index contributed by atoms with van der Waals surface area (Å²) in [6.07, 6.45) is 1.17. The number of benzene rings is 1. The third kappa shape index (κ3) is 7.60. The number of rotatable bonds is 10. The van der Waals surface area contributed by atoms with Gasteiger partial charge in [0.25, 0.3) is 5.69 Å². The quantitative estimate of drug-likeness (QED) is 0.392. The molecule has 23 heavy (non-hydrogen) atoms. The van der Waals surface area contributed by atoms with E-state index in [4.69, 9.17) is 0 Å². The maximum atomic E-state index is 11.7. The minimum Gasteiger partial charge on any atom is -0.385 e. The number of anilines is 1. The zero-order valence-electron chi connectivity index (χ0n) is 14.0. The molecule has 0 aromatic heterocycles. The van der Waals surface area contributed by atoms with E-state index >= 15 is 0 Å². The lowest BCUT2D eigenvalue weighted by Crippen LogP contribution is -2.36. The van der Waals surface area contributed by atoms with Crippen LogP contribution in [-0.4, -0.2) is 48.5 Å². The molecule has 7 nitrogen and oxygen atoms in total. The number of nitrogens with one attached hydrogen (secondary N) is 2. The van der Waals surface area contributed by atoms with Crippen molar-refractivity contribution in [2.24, 2.45) is 0 Å². The van der Waals surface area contributed by atoms with Crippen LogP contribution in [0, 0.1) is 10.1 Å². The second-order valence-corrected chi connectivity index (χ2v) is 5.76. The van der Waals surface area contributed by atoms with Gasteiger partial charge in [0, 0.05) is 49.9 Å². The Morgan fingerprint density at radius 3 is 2.48 bits per heavy atom. The van der Waals surface area contributed by atoms with Crippen molar-refractivity contribution in [1.82, 2.24) is 10.2 Å². The van der Waals surface area contributed by atoms with Crippen LogP contribution >= 0.6 is 0 Å². The summed E-state index contributed by atoms with van der Waals surface area (Å²) in [5, 5.41) is 16.6. The Kier molecular flexibility index (Phi) is 8.04. The summed E-state index contributed by atoms with van der Waals surface area (Å²) in [7, 11) is 2.03. The van der Waals surface area contributed by atoms with Gasteiger partial charge in [-0.3, -0.25) is 14.9 Å². The topological polar surface area (TPSA) is 87.5 Å². The number of hydrogen-bond donors (Lipinski definition) is 2. The summed E-state index contributed by atoms with van der Waals surface area (Å²) in [4.78, 5) is 24.0. The third-order valence-electron chi connectivity index (χ3n) is 3.66. The van der Waals surface area contributed by atoms with E-state index in [1.807, 2.05) is 7.05 Å². The maximum Gasteiger partial charge on any atom is 0.269 e. The smallest absolute Gasteiger partial charge is 0.269 e. The molecule has 1 aromatic carbocycles. The van der Waals surface area contributed by atoms with Gasteiger partial charge in [-0.25, -0.2) is 0 Å². The van der Waals surface area contributed by atoms with Crippen LogP contribution in [0.1, 0.15) is 26.7 Å². The molecule has 7 heteroatoms. The highest BCUT2D eigenvalue weighted by Gasteiger charge is 2.05. The van der Waals surface area contributed by atoms with Gasteiger partial charge in [0.1, 0.15) is 0 Å². The average molecular weight is 322 g/mol. The molecule has 0 saturated heterocycles. The molecule has 1 rings (SSSR count). The van der Waals surface area contributed by atoms with Crippen molar-refractivity contribution >= 4 is 17.3 Å². The van der Waals surface area contributed by atoms with Crippen molar-refractivity contribution in [3.8, 4) is 0 Å². The third-order valence-corrected chi connectivity index (χ3v) is 3.66. The molecule has 0 fully saturated rings. The monoisotopic (exact) mass is 322 g/mol. The summed E-state index contributed by atoms with van der Waals surface area (Å²) in [5.41, 5.74) is 0.885. The molecular formula is C16H26N4O3. The van der Waals surface area contributed by atoms with Crippen molar-refractivity contribution in [2.45, 2.75) is 32.7 Å². The van der Waals surface area contributed by atoms with E-state index < -0.39 is 4.92 Å². The molecule has 0 unspecified atom stereocenters. The number of carbonyl (C=O) groups excluding carboxylic acids is 1. The highest BCUT2D eigenvalue weighted by molar-refractivity contribution is 5.75. The van der Waals surface area contributed by atoms with Gasteiger partial charge in [0.15, 0.2) is 0 Å². The van der Waals surface area contributed by atoms with Gasteiger partial charge in [-0.05, 0) is 39.4 Å². The van der Waals surface area contributed by atoms with Crippen LogP contribution in [0.3, 0.4) is 0 Å². The fourth-order valence-corrected chi connectivity index (χ4v) is 1.90. The minimum absolute atomic E-state index is 0.0488. The predicted molar refractivity (Wildman–Crippen MR) is 91.6 cm³/mol. The zero-order valence-corrected chi connectivity index (χ0v) is 14.0. The first-order valence-corrected chi connectivity index (χ1v) is 7.85. The molecule has 1 aromatic rings. The number of likely N-dealkylation sites (N-methyl/N-ethyl adjacent to an activating group) is 1. The second-order valence-electron chi connectivity index (χ2n) is 5.76. The van der Waals surface area contributed by atoms with E-state index in [0.29, 0.717) is 32.0 Å². The lowest BCUT2D eigenvalue weighted by atomic mass is 10.2. The number of nitro benzene ring substituents is 1. The Bertz CT molecular complexity index is 503. The predicted octanol–water partition coefficient (Wildman–Crippen LogP) is 2.24. The zero-order chi connectivity index (χ0) is 17.2. The minimum atomic E-state index is -0.426. The van der Waals surface area contributed by atoms with Gasteiger partial charge in [0.05, 0.1) is 4.92 Å². The largest absolute Gasteiger partial charge is 0.385 e. The maximum absolute atomic E-state index is 11.7. The molecule has 1 amide bonds. The first-order chi connectivity index (χ1) is 10.9. The van der Waals surface area contributed by atoms with Crippen LogP contribution in [-0.2, 0) is 4.79 Å². The van der Waals surface area contributed by atoms with Crippen LogP contribution in [0.2, 0.25) is 0 Å². The Morgan fingerprint density at radius 1 is 1.26 bits per heavy atom. The summed E-state index contributed by atoms with van der Waals surface area (Å²) < 4.78 is 0. The van der Waals surface area contributed by atoms with E-state index in [0.717, 1.165) is 12.2 Å². The van der Waals surface area contributed by atoms with Crippen LogP contribution in [0.25, 0.3) is 0 Å². The molecule has 0 heterocycles. The number of non-ortho nitro benzene ring substituents is 1. The molecule has 0 aliphatic rings. The van der Waals surface area contributed by atoms with Gasteiger partial charge >= 0.3 is 0 Å². The van der Waals surface area contributed by atoms with Crippen molar-refractivity contribution in [1.29, 1.82) is 0 Å². The summed E-state index contributed by atoms with van der Waals surface area (Å²) in [6, 6.07) is 6.72. The van der Waals surface area contributed by atoms with Crippen molar-refractivity contribution in [3.63, 3.8) is 0 Å². The van der Waals surface area contributed by atoms with Crippen LogP contribution in [0.4, 0.5) is 11.4 Å². The fourth-order valence-electron chi connectivity index (χ4n) is 1.90. The van der Waals surface area contributed by atoms with Crippen molar-refractivity contribution in [2.75, 3.05) is 32.0 Å². The second kappa shape index (κ2) is 9.78. The highest BCUT2D eigenvalue weighted by atomic mass is 16.6. The van der Waals surface area contributed by atoms with Gasteiger partial charge in [-0.15, -0.1) is 0 Å². The average Bonchev–Trinajstić information content (AvgIpc) is 2.51. The van der Waals surface area contributed by atoms with Crippen LogP contribution in [0.5, 0.6) is 0 Å². The fraction of sp³-hybridized carbons (Fsp3) is 0.562. The molecule has 0 spiro atoms. The molecule has 128 valence electrons. The highest BCUT2D eigenvalue weighted by Crippen LogP contribution is 2.15. The number of nitro groups is 1. The Labute approximate surface area is 137 Å². The van der Waals surface area contributed by atoms with Gasteiger partial charge < -0.3 is 15.5 Å². The van der Waals surface area contributed by atoms with E-state index in [1.54, 1.807) is 12.1 Å². The standard InChI is InChI=1S/C16H26N4O3/c1-13(2)19(3)12-11-18-16(21)5-4-10-17-14-6-8-15(9-7-14)20(22)23/h6-9,13,17H,4-5,10-12H2,1-3H3,(H,18,21). The Morgan fingerprint density at radius 2 is 1.91 bits per heavy atom. The van der Waals surface area contributed by atoms with Crippen LogP contribution < -0.4 is 10.6 Å². The van der Waals surface area contributed by atoms with Gasteiger partial charge in [0.2, 0.25) is 5.91 Å². The Hall–Kier alpha value is -2.15. The number of amides is 1. The summed E-state index contributed by atoms with van der Waals surface area (Å²) >= 11 is 0. The molecule has 0 aliphatic heterocycles. The van der Waals surface area contributed by atoms with E-state index in [2.05, 4.69) is 29.4 Å². The molecule has 0 atom stereocenters. The molecule has 0 saturated carbocycles. The lowest BCUT2D eigenvalue weighted by Gasteiger charge is -2.20. The normalized spacial score (nSPS) is 10.8. The lowest BCUT2D eigenvalue weighted by molar-refractivity contribution is -0.384. The number of nitrogens with zero attached hydrogens (tertiary/aromatic N) is 2. The molecule has 0 radical (unpaired) electrons. The molecular weight excluding hydrogens is 296 g/mol. The van der Waals surface area contributed by atoms with Crippen LogP contribution in [0.15, 0.2) is 24.3 Å². The van der Waals surface area contributed by atoms with E-state index in [9.17, 15) is 14.9 Å². The van der Waals surface area contributed by atoms with E-state index in [1.165, 1.54) is 12.1 Å². The number of carbonyl (C=O) groups is 1.